The third-order valence-electron chi connectivity index (χ3n) is 10.1. The monoisotopic (exact) mass is 982 g/mol. The van der Waals surface area contributed by atoms with E-state index < -0.39 is 11.8 Å². The molecule has 2 aliphatic rings. The number of benzene rings is 2. The number of hydrogen-bond donors (Lipinski definition) is 7. The van der Waals surface area contributed by atoms with Gasteiger partial charge >= 0.3 is 0 Å². The normalized spacial score (nSPS) is 12.5. The molecule has 2 saturated carbocycles. The van der Waals surface area contributed by atoms with Crippen LogP contribution in [0.3, 0.4) is 0 Å². The van der Waals surface area contributed by atoms with Crippen LogP contribution in [0, 0.1) is 11.8 Å². The summed E-state index contributed by atoms with van der Waals surface area (Å²) in [7, 11) is 6.19. The Hall–Kier alpha value is -7.49. The SMILES string of the molecule is CCCn1cc(-c2cccc(Nc3cc(NC(=O)C4CC4)nnc3C(=O)NC)c2OC)cn1.CNC(=O)c1nnc(NC(=O)C2CC2)cc1Nc1cccc(-c2cn[nH]c2)c1OC.FCCBr. The Morgan fingerprint density at radius 3 is 1.64 bits per heavy atom. The number of aryl methyl sites for hydroxylation is 1. The van der Waals surface area contributed by atoms with Gasteiger partial charge in [0, 0.05) is 84.6 Å². The summed E-state index contributed by atoms with van der Waals surface area (Å²) in [6, 6.07) is 14.4. The van der Waals surface area contributed by atoms with E-state index in [1.165, 1.54) is 14.1 Å². The Morgan fingerprint density at radius 1 is 0.746 bits per heavy atom. The van der Waals surface area contributed by atoms with Crippen molar-refractivity contribution in [3.8, 4) is 33.8 Å². The van der Waals surface area contributed by atoms with Crippen molar-refractivity contribution in [2.45, 2.75) is 45.6 Å². The van der Waals surface area contributed by atoms with Crippen LogP contribution in [-0.4, -0.2) is 104 Å². The first-order valence-corrected chi connectivity index (χ1v) is 22.5. The topological polar surface area (TPSA) is 257 Å². The summed E-state index contributed by atoms with van der Waals surface area (Å²) in [6.45, 7) is 2.66. The molecule has 0 unspecified atom stereocenters. The van der Waals surface area contributed by atoms with Gasteiger partial charge in [0.15, 0.2) is 23.0 Å². The quantitative estimate of drug-likeness (QED) is 0.0460. The molecule has 20 nitrogen and oxygen atoms in total. The molecule has 8 rings (SSSR count). The summed E-state index contributed by atoms with van der Waals surface area (Å²) < 4.78 is 23.9. The van der Waals surface area contributed by atoms with E-state index in [9.17, 15) is 23.6 Å². The molecular weight excluding hydrogens is 931 g/mol. The van der Waals surface area contributed by atoms with Gasteiger partial charge in [-0.25, -0.2) is 0 Å². The van der Waals surface area contributed by atoms with Crippen molar-refractivity contribution < 1.29 is 33.0 Å². The molecule has 4 amide bonds. The highest BCUT2D eigenvalue weighted by Crippen LogP contribution is 2.40. The average Bonchev–Trinajstić information content (AvgIpc) is 4.28. The highest BCUT2D eigenvalue weighted by Gasteiger charge is 2.31. The number of carbonyl (C=O) groups excluding carboxylic acids is 4. The summed E-state index contributed by atoms with van der Waals surface area (Å²) >= 11 is 2.87. The van der Waals surface area contributed by atoms with Crippen molar-refractivity contribution in [2.75, 3.05) is 61.6 Å². The van der Waals surface area contributed by atoms with E-state index in [0.717, 1.165) is 60.9 Å². The molecule has 4 aromatic heterocycles. The number of nitrogens with one attached hydrogen (secondary N) is 7. The van der Waals surface area contributed by atoms with Crippen LogP contribution in [0.2, 0.25) is 0 Å². The molecule has 2 aromatic carbocycles. The average molecular weight is 984 g/mol. The third kappa shape index (κ3) is 12.9. The number of alkyl halides is 2. The molecule has 352 valence electrons. The van der Waals surface area contributed by atoms with Gasteiger partial charge in [-0.3, -0.25) is 33.3 Å². The molecule has 4 heterocycles. The fraction of sp³-hybridized carbons (Fsp3) is 0.333. The number of nitrogens with zero attached hydrogens (tertiary/aromatic N) is 7. The van der Waals surface area contributed by atoms with Gasteiger partial charge in [-0.1, -0.05) is 47.1 Å². The van der Waals surface area contributed by atoms with Gasteiger partial charge in [-0.15, -0.1) is 20.4 Å². The van der Waals surface area contributed by atoms with Gasteiger partial charge < -0.3 is 41.4 Å². The summed E-state index contributed by atoms with van der Waals surface area (Å²) in [5.74, 6) is 0.759. The van der Waals surface area contributed by atoms with Crippen LogP contribution in [0.25, 0.3) is 22.3 Å². The number of anilines is 6. The Kier molecular flexibility index (Phi) is 17.3. The summed E-state index contributed by atoms with van der Waals surface area (Å²) in [5, 5.41) is 44.7. The van der Waals surface area contributed by atoms with Crippen LogP contribution in [0.4, 0.5) is 38.8 Å². The molecule has 2 aliphatic carbocycles. The minimum absolute atomic E-state index is 0.0206. The fourth-order valence-electron chi connectivity index (χ4n) is 6.52. The number of aromatic amines is 1. The van der Waals surface area contributed by atoms with Crippen molar-refractivity contribution in [1.82, 2.24) is 51.0 Å². The predicted octanol–water partition coefficient (Wildman–Crippen LogP) is 6.89. The number of halogens is 2. The number of ether oxygens (including phenoxy) is 2. The fourth-order valence-corrected chi connectivity index (χ4v) is 6.52. The van der Waals surface area contributed by atoms with Crippen molar-refractivity contribution in [1.29, 1.82) is 0 Å². The van der Waals surface area contributed by atoms with Gasteiger partial charge in [-0.05, 0) is 44.2 Å². The van der Waals surface area contributed by atoms with Crippen molar-refractivity contribution in [3.05, 3.63) is 84.7 Å². The summed E-state index contributed by atoms with van der Waals surface area (Å²) in [6.07, 6.45) is 11.7. The van der Waals surface area contributed by atoms with Crippen molar-refractivity contribution >= 4 is 73.9 Å². The summed E-state index contributed by atoms with van der Waals surface area (Å²) in [5.41, 5.74) is 5.68. The standard InChI is InChI=1S/C23H27N7O3.C20H21N7O3.C2H4BrF/c1-4-10-30-13-15(12-25-30)16-6-5-7-17(21(16)33-3)26-18-11-19(27-22(31)14-8-9-14)28-29-20(18)23(32)24-2;1-21-20(29)17-15(8-16(26-27-17)25-19(28)11-6-7-11)24-14-5-3-4-13(18(14)30-2)12-9-22-23-10-12;3-1-2-4/h5-7,11-14H,4,8-10H2,1-3H3,(H,24,32)(H2,26,27,28,31);3-5,8-11H,6-7H2,1-2H3,(H,21,29)(H,22,23)(H2,24,25,26,28);1-2H2. The zero-order valence-corrected chi connectivity index (χ0v) is 39.2. The van der Waals surface area contributed by atoms with E-state index in [4.69, 9.17) is 9.47 Å². The van der Waals surface area contributed by atoms with E-state index >= 15 is 0 Å². The molecule has 0 bridgehead atoms. The van der Waals surface area contributed by atoms with E-state index in [1.807, 2.05) is 47.3 Å². The lowest BCUT2D eigenvalue weighted by molar-refractivity contribution is -0.118. The highest BCUT2D eigenvalue weighted by atomic mass is 79.9. The number of carbonyl (C=O) groups is 4. The first-order chi connectivity index (χ1) is 32.5. The molecule has 22 heteroatoms. The van der Waals surface area contributed by atoms with Crippen LogP contribution in [0.1, 0.15) is 60.0 Å². The van der Waals surface area contributed by atoms with Crippen LogP contribution < -0.4 is 41.4 Å². The lowest BCUT2D eigenvalue weighted by Gasteiger charge is -2.16. The number of amides is 4. The zero-order chi connectivity index (χ0) is 47.9. The highest BCUT2D eigenvalue weighted by molar-refractivity contribution is 9.09. The van der Waals surface area contributed by atoms with Crippen LogP contribution >= 0.6 is 15.9 Å². The van der Waals surface area contributed by atoms with Gasteiger partial charge in [0.25, 0.3) is 11.8 Å². The first kappa shape index (κ1) is 49.0. The molecule has 0 spiro atoms. The van der Waals surface area contributed by atoms with Crippen LogP contribution in [-0.2, 0) is 16.1 Å². The molecule has 0 radical (unpaired) electrons. The second-order valence-electron chi connectivity index (χ2n) is 15.0. The largest absolute Gasteiger partial charge is 0.494 e. The molecule has 67 heavy (non-hydrogen) atoms. The Morgan fingerprint density at radius 2 is 1.24 bits per heavy atom. The number of rotatable bonds is 17. The lowest BCUT2D eigenvalue weighted by atomic mass is 10.1. The number of hydrogen-bond acceptors (Lipinski definition) is 14. The number of H-pyrrole nitrogens is 1. The van der Waals surface area contributed by atoms with Gasteiger partial charge in [0.05, 0.1) is 56.0 Å². The first-order valence-electron chi connectivity index (χ1n) is 21.4. The molecule has 7 N–H and O–H groups in total. The Balaban J connectivity index is 0.000000206. The second-order valence-corrected chi connectivity index (χ2v) is 15.8. The molecule has 0 atom stereocenters. The Bertz CT molecular complexity index is 2650. The third-order valence-corrected chi connectivity index (χ3v) is 10.4. The van der Waals surface area contributed by atoms with E-state index in [0.29, 0.717) is 39.6 Å². The van der Waals surface area contributed by atoms with E-state index in [2.05, 4.69) is 90.4 Å². The number of aromatic nitrogens is 8. The molecular formula is C45H52BrFN14O6. The second kappa shape index (κ2) is 23.6. The van der Waals surface area contributed by atoms with E-state index in [1.54, 1.807) is 44.9 Å². The smallest absolute Gasteiger partial charge is 0.273 e. The zero-order valence-electron chi connectivity index (χ0n) is 37.6. The van der Waals surface area contributed by atoms with Crippen molar-refractivity contribution in [3.63, 3.8) is 0 Å². The van der Waals surface area contributed by atoms with Crippen molar-refractivity contribution in [2.24, 2.45) is 11.8 Å². The number of methoxy groups -OCH3 is 2. The Labute approximate surface area is 394 Å². The van der Waals surface area contributed by atoms with Gasteiger partial charge in [0.2, 0.25) is 11.8 Å². The molecule has 6 aromatic rings. The predicted molar refractivity (Wildman–Crippen MR) is 255 cm³/mol. The van der Waals surface area contributed by atoms with Gasteiger partial charge in [-0.2, -0.15) is 10.2 Å². The maximum atomic E-state index is 12.4. The minimum Gasteiger partial charge on any atom is -0.494 e. The van der Waals surface area contributed by atoms with E-state index in [-0.39, 0.29) is 53.3 Å². The number of para-hydroxylation sites is 2. The van der Waals surface area contributed by atoms with Crippen LogP contribution in [0.15, 0.2) is 73.3 Å². The maximum absolute atomic E-state index is 12.4. The minimum atomic E-state index is -0.407. The summed E-state index contributed by atoms with van der Waals surface area (Å²) in [4.78, 5) is 49.0. The maximum Gasteiger partial charge on any atom is 0.273 e. The molecule has 0 saturated heterocycles. The van der Waals surface area contributed by atoms with Gasteiger partial charge in [0.1, 0.15) is 11.5 Å². The molecule has 2 fully saturated rings. The lowest BCUT2D eigenvalue weighted by Crippen LogP contribution is -2.22. The van der Waals surface area contributed by atoms with Crippen LogP contribution in [0.5, 0.6) is 11.5 Å². The molecule has 0 aliphatic heterocycles.